The fourth-order valence-electron chi connectivity index (χ4n) is 2.23. The molecule has 2 heteroatoms. The molecule has 0 aliphatic heterocycles. The van der Waals surface area contributed by atoms with Gasteiger partial charge in [-0.25, -0.2) is 0 Å². The molecule has 0 aromatic rings. The Kier molecular flexibility index (Phi) is 5.07. The normalized spacial score (nSPS) is 21.6. The summed E-state index contributed by atoms with van der Waals surface area (Å²) < 4.78 is 0. The summed E-state index contributed by atoms with van der Waals surface area (Å²) in [7, 11) is 0. The van der Waals surface area contributed by atoms with Crippen LogP contribution in [0.4, 0.5) is 0 Å². The van der Waals surface area contributed by atoms with E-state index in [1.54, 1.807) is 0 Å². The molecular weight excluding hydrogens is 186 g/mol. The fourth-order valence-corrected chi connectivity index (χ4v) is 2.23. The Balaban J connectivity index is 2.10. The molecule has 1 unspecified atom stereocenters. The van der Waals surface area contributed by atoms with Crippen LogP contribution in [0.1, 0.15) is 59.3 Å². The number of rotatable bonds is 5. The van der Waals surface area contributed by atoms with Crippen LogP contribution < -0.4 is 5.32 Å². The Morgan fingerprint density at radius 2 is 1.87 bits per heavy atom. The monoisotopic (exact) mass is 213 g/mol. The van der Waals surface area contributed by atoms with E-state index in [0.29, 0.717) is 0 Å². The van der Waals surface area contributed by atoms with Crippen LogP contribution in [0.15, 0.2) is 0 Å². The van der Waals surface area contributed by atoms with Gasteiger partial charge in [-0.1, -0.05) is 32.1 Å². The molecule has 0 heterocycles. The van der Waals surface area contributed by atoms with Crippen LogP contribution >= 0.6 is 0 Å². The Labute approximate surface area is 94.5 Å². The molecule has 0 aromatic carbocycles. The molecule has 0 bridgehead atoms. The third kappa shape index (κ3) is 4.98. The molecule has 1 saturated carbocycles. The molecule has 1 fully saturated rings. The Morgan fingerprint density at radius 3 is 2.40 bits per heavy atom. The van der Waals surface area contributed by atoms with Crippen LogP contribution in [0.3, 0.4) is 0 Å². The number of hydrogen-bond acceptors (Lipinski definition) is 2. The highest BCUT2D eigenvalue weighted by atomic mass is 16.3. The lowest BCUT2D eigenvalue weighted by Gasteiger charge is -2.28. The summed E-state index contributed by atoms with van der Waals surface area (Å²) in [5.74, 6) is 0.931. The van der Waals surface area contributed by atoms with Crippen LogP contribution in [0, 0.1) is 5.92 Å². The van der Waals surface area contributed by atoms with Gasteiger partial charge in [0.25, 0.3) is 0 Å². The summed E-state index contributed by atoms with van der Waals surface area (Å²) in [5, 5.41) is 13.2. The molecule has 2 nitrogen and oxygen atoms in total. The van der Waals surface area contributed by atoms with Gasteiger partial charge in [0.15, 0.2) is 0 Å². The highest BCUT2D eigenvalue weighted by Crippen LogP contribution is 2.25. The van der Waals surface area contributed by atoms with Crippen molar-refractivity contribution in [1.82, 2.24) is 5.32 Å². The van der Waals surface area contributed by atoms with E-state index in [4.69, 9.17) is 0 Å². The quantitative estimate of drug-likeness (QED) is 0.736. The minimum atomic E-state index is -0.605. The molecule has 1 atom stereocenters. The van der Waals surface area contributed by atoms with Gasteiger partial charge in [0.05, 0.1) is 5.60 Å². The van der Waals surface area contributed by atoms with Gasteiger partial charge < -0.3 is 10.4 Å². The molecular formula is C13H27NO. The third-order valence-electron chi connectivity index (χ3n) is 3.79. The first kappa shape index (κ1) is 13.0. The minimum Gasteiger partial charge on any atom is -0.389 e. The molecule has 90 valence electrons. The predicted octanol–water partition coefficient (Wildman–Crippen LogP) is 2.71. The maximum absolute atomic E-state index is 9.76. The molecule has 1 aliphatic rings. The van der Waals surface area contributed by atoms with Gasteiger partial charge in [-0.2, -0.15) is 0 Å². The number of hydrogen-bond donors (Lipinski definition) is 2. The molecule has 0 amide bonds. The summed E-state index contributed by atoms with van der Waals surface area (Å²) in [6.07, 6.45) is 8.39. The SMILES string of the molecule is CC(NCCC1CCCCC1)C(C)(C)O. The van der Waals surface area contributed by atoms with Gasteiger partial charge in [-0.15, -0.1) is 0 Å². The van der Waals surface area contributed by atoms with Crippen molar-refractivity contribution in [2.75, 3.05) is 6.54 Å². The lowest BCUT2D eigenvalue weighted by Crippen LogP contribution is -2.45. The standard InChI is InChI=1S/C13H27NO/c1-11(13(2,3)15)14-10-9-12-7-5-4-6-8-12/h11-12,14-15H,4-10H2,1-3H3. The van der Waals surface area contributed by atoms with E-state index in [1.165, 1.54) is 38.5 Å². The smallest absolute Gasteiger partial charge is 0.0741 e. The van der Waals surface area contributed by atoms with Crippen LogP contribution in [0.5, 0.6) is 0 Å². The summed E-state index contributed by atoms with van der Waals surface area (Å²) in [6.45, 7) is 6.84. The second-order valence-electron chi connectivity index (χ2n) is 5.62. The Morgan fingerprint density at radius 1 is 1.27 bits per heavy atom. The minimum absolute atomic E-state index is 0.182. The molecule has 0 radical (unpaired) electrons. The van der Waals surface area contributed by atoms with E-state index < -0.39 is 5.60 Å². The van der Waals surface area contributed by atoms with Gasteiger partial charge in [-0.3, -0.25) is 0 Å². The average molecular weight is 213 g/mol. The van der Waals surface area contributed by atoms with Gasteiger partial charge in [-0.05, 0) is 39.7 Å². The van der Waals surface area contributed by atoms with Crippen molar-refractivity contribution in [1.29, 1.82) is 0 Å². The second-order valence-corrected chi connectivity index (χ2v) is 5.62. The molecule has 1 aliphatic carbocycles. The van der Waals surface area contributed by atoms with Crippen molar-refractivity contribution >= 4 is 0 Å². The lowest BCUT2D eigenvalue weighted by molar-refractivity contribution is 0.0437. The first-order valence-corrected chi connectivity index (χ1v) is 6.46. The zero-order valence-electron chi connectivity index (χ0n) is 10.6. The number of aliphatic hydroxyl groups is 1. The summed E-state index contributed by atoms with van der Waals surface area (Å²) in [5.41, 5.74) is -0.605. The van der Waals surface area contributed by atoms with Crippen molar-refractivity contribution in [3.05, 3.63) is 0 Å². The van der Waals surface area contributed by atoms with Crippen LogP contribution in [-0.2, 0) is 0 Å². The van der Waals surface area contributed by atoms with E-state index >= 15 is 0 Å². The molecule has 0 spiro atoms. The van der Waals surface area contributed by atoms with Crippen molar-refractivity contribution in [3.63, 3.8) is 0 Å². The van der Waals surface area contributed by atoms with Gasteiger partial charge in [0.1, 0.15) is 0 Å². The molecule has 0 saturated heterocycles. The average Bonchev–Trinajstić information content (AvgIpc) is 2.18. The zero-order chi connectivity index (χ0) is 11.3. The molecule has 15 heavy (non-hydrogen) atoms. The molecule has 1 rings (SSSR count). The topological polar surface area (TPSA) is 32.3 Å². The lowest BCUT2D eigenvalue weighted by atomic mass is 9.87. The fraction of sp³-hybridized carbons (Fsp3) is 1.00. The Bertz CT molecular complexity index is 168. The van der Waals surface area contributed by atoms with Gasteiger partial charge in [0, 0.05) is 6.04 Å². The van der Waals surface area contributed by atoms with Crippen molar-refractivity contribution in [2.24, 2.45) is 5.92 Å². The van der Waals surface area contributed by atoms with Gasteiger partial charge >= 0.3 is 0 Å². The van der Waals surface area contributed by atoms with E-state index in [2.05, 4.69) is 12.2 Å². The summed E-state index contributed by atoms with van der Waals surface area (Å²) >= 11 is 0. The number of nitrogens with one attached hydrogen (secondary N) is 1. The van der Waals surface area contributed by atoms with Crippen molar-refractivity contribution in [3.8, 4) is 0 Å². The largest absolute Gasteiger partial charge is 0.389 e. The van der Waals surface area contributed by atoms with Crippen LogP contribution in [-0.4, -0.2) is 23.3 Å². The molecule has 0 aromatic heterocycles. The van der Waals surface area contributed by atoms with Crippen LogP contribution in [0.2, 0.25) is 0 Å². The van der Waals surface area contributed by atoms with E-state index in [0.717, 1.165) is 12.5 Å². The first-order chi connectivity index (χ1) is 7.00. The zero-order valence-corrected chi connectivity index (χ0v) is 10.6. The molecule has 2 N–H and O–H groups in total. The highest BCUT2D eigenvalue weighted by Gasteiger charge is 2.21. The van der Waals surface area contributed by atoms with Crippen molar-refractivity contribution < 1.29 is 5.11 Å². The van der Waals surface area contributed by atoms with E-state index in [-0.39, 0.29) is 6.04 Å². The van der Waals surface area contributed by atoms with Crippen LogP contribution in [0.25, 0.3) is 0 Å². The summed E-state index contributed by atoms with van der Waals surface area (Å²) in [6, 6.07) is 0.182. The van der Waals surface area contributed by atoms with Crippen molar-refractivity contribution in [2.45, 2.75) is 70.9 Å². The van der Waals surface area contributed by atoms with E-state index in [1.807, 2.05) is 13.8 Å². The van der Waals surface area contributed by atoms with E-state index in [9.17, 15) is 5.11 Å². The maximum Gasteiger partial charge on any atom is 0.0741 e. The predicted molar refractivity (Wildman–Crippen MR) is 65.0 cm³/mol. The first-order valence-electron chi connectivity index (χ1n) is 6.46. The van der Waals surface area contributed by atoms with Gasteiger partial charge in [0.2, 0.25) is 0 Å². The second kappa shape index (κ2) is 5.86. The maximum atomic E-state index is 9.76. The highest BCUT2D eigenvalue weighted by molar-refractivity contribution is 4.79. The summed E-state index contributed by atoms with van der Waals surface area (Å²) in [4.78, 5) is 0. The third-order valence-corrected chi connectivity index (χ3v) is 3.79. The Hall–Kier alpha value is -0.0800.